The maximum atomic E-state index is 11.1. The SMILES string of the molecule is COc1cccc(C=CC2=NNC(=O)CC2C)c1. The zero-order chi connectivity index (χ0) is 13.0. The number of rotatable bonds is 3. The Bertz CT molecular complexity index is 506. The highest BCUT2D eigenvalue weighted by Crippen LogP contribution is 2.15. The van der Waals surface area contributed by atoms with Crippen LogP contribution in [0.1, 0.15) is 18.9 Å². The van der Waals surface area contributed by atoms with E-state index in [1.165, 1.54) is 0 Å². The van der Waals surface area contributed by atoms with Gasteiger partial charge in [-0.3, -0.25) is 4.79 Å². The number of carbonyl (C=O) groups is 1. The van der Waals surface area contributed by atoms with Crippen LogP contribution in [0.3, 0.4) is 0 Å². The average molecular weight is 244 g/mol. The Morgan fingerprint density at radius 1 is 1.44 bits per heavy atom. The molecule has 2 rings (SSSR count). The quantitative estimate of drug-likeness (QED) is 0.886. The minimum absolute atomic E-state index is 0.0268. The molecule has 4 nitrogen and oxygen atoms in total. The number of nitrogens with zero attached hydrogens (tertiary/aromatic N) is 1. The van der Waals surface area contributed by atoms with Crippen molar-refractivity contribution in [1.82, 2.24) is 5.43 Å². The first kappa shape index (κ1) is 12.4. The molecule has 1 aromatic carbocycles. The Morgan fingerprint density at radius 3 is 3.00 bits per heavy atom. The fraction of sp³-hybridized carbons (Fsp3) is 0.286. The summed E-state index contributed by atoms with van der Waals surface area (Å²) in [6, 6.07) is 7.78. The number of amides is 1. The summed E-state index contributed by atoms with van der Waals surface area (Å²) in [6.07, 6.45) is 4.38. The van der Waals surface area contributed by atoms with Crippen molar-refractivity contribution >= 4 is 17.7 Å². The third-order valence-electron chi connectivity index (χ3n) is 2.85. The van der Waals surface area contributed by atoms with E-state index in [-0.39, 0.29) is 11.8 Å². The lowest BCUT2D eigenvalue weighted by Crippen LogP contribution is -2.30. The van der Waals surface area contributed by atoms with Crippen molar-refractivity contribution in [3.05, 3.63) is 35.9 Å². The van der Waals surface area contributed by atoms with Gasteiger partial charge in [0.25, 0.3) is 0 Å². The second kappa shape index (κ2) is 5.49. The topological polar surface area (TPSA) is 50.7 Å². The standard InChI is InChI=1S/C14H16N2O2/c1-10-8-14(17)16-15-13(10)7-6-11-4-3-5-12(9-11)18-2/h3-7,9-10H,8H2,1-2H3,(H,16,17). The Morgan fingerprint density at radius 2 is 2.28 bits per heavy atom. The van der Waals surface area contributed by atoms with E-state index >= 15 is 0 Å². The molecule has 1 aliphatic rings. The van der Waals surface area contributed by atoms with Crippen LogP contribution >= 0.6 is 0 Å². The van der Waals surface area contributed by atoms with E-state index in [0.717, 1.165) is 17.0 Å². The molecule has 1 aromatic rings. The molecule has 1 N–H and O–H groups in total. The molecular weight excluding hydrogens is 228 g/mol. The van der Waals surface area contributed by atoms with Crippen molar-refractivity contribution in [1.29, 1.82) is 0 Å². The van der Waals surface area contributed by atoms with E-state index in [4.69, 9.17) is 4.74 Å². The molecule has 94 valence electrons. The van der Waals surface area contributed by atoms with E-state index in [1.807, 2.05) is 43.3 Å². The number of carbonyl (C=O) groups excluding carboxylic acids is 1. The van der Waals surface area contributed by atoms with Crippen LogP contribution in [-0.4, -0.2) is 18.7 Å². The number of hydrogen-bond donors (Lipinski definition) is 1. The predicted molar refractivity (Wildman–Crippen MR) is 71.4 cm³/mol. The predicted octanol–water partition coefficient (Wildman–Crippen LogP) is 2.22. The first-order chi connectivity index (χ1) is 8.69. The molecule has 0 aliphatic carbocycles. The highest BCUT2D eigenvalue weighted by Gasteiger charge is 2.17. The molecule has 0 spiro atoms. The zero-order valence-electron chi connectivity index (χ0n) is 10.5. The molecule has 18 heavy (non-hydrogen) atoms. The van der Waals surface area contributed by atoms with E-state index in [9.17, 15) is 4.79 Å². The summed E-state index contributed by atoms with van der Waals surface area (Å²) in [7, 11) is 1.64. The number of ether oxygens (including phenoxy) is 1. The largest absolute Gasteiger partial charge is 0.497 e. The van der Waals surface area contributed by atoms with Crippen LogP contribution in [-0.2, 0) is 4.79 Å². The molecule has 1 amide bonds. The van der Waals surface area contributed by atoms with Crippen molar-refractivity contribution in [3.63, 3.8) is 0 Å². The van der Waals surface area contributed by atoms with Crippen molar-refractivity contribution < 1.29 is 9.53 Å². The summed E-state index contributed by atoms with van der Waals surface area (Å²) in [5.74, 6) is 0.950. The Hall–Kier alpha value is -2.10. The second-order valence-corrected chi connectivity index (χ2v) is 4.29. The lowest BCUT2D eigenvalue weighted by Gasteiger charge is -2.16. The van der Waals surface area contributed by atoms with Crippen LogP contribution in [0.15, 0.2) is 35.4 Å². The summed E-state index contributed by atoms with van der Waals surface area (Å²) < 4.78 is 5.16. The molecule has 0 saturated heterocycles. The van der Waals surface area contributed by atoms with Crippen LogP contribution in [0.4, 0.5) is 0 Å². The van der Waals surface area contributed by atoms with Crippen molar-refractivity contribution in [3.8, 4) is 5.75 Å². The highest BCUT2D eigenvalue weighted by atomic mass is 16.5. The average Bonchev–Trinajstić information content (AvgIpc) is 2.38. The minimum Gasteiger partial charge on any atom is -0.497 e. The van der Waals surface area contributed by atoms with E-state index in [0.29, 0.717) is 6.42 Å². The summed E-state index contributed by atoms with van der Waals surface area (Å²) in [5.41, 5.74) is 4.42. The molecule has 4 heteroatoms. The first-order valence-electron chi connectivity index (χ1n) is 5.87. The summed E-state index contributed by atoms with van der Waals surface area (Å²) in [5, 5.41) is 4.05. The molecule has 0 aromatic heterocycles. The van der Waals surface area contributed by atoms with Crippen LogP contribution < -0.4 is 10.2 Å². The van der Waals surface area contributed by atoms with Crippen molar-refractivity contribution in [2.45, 2.75) is 13.3 Å². The summed E-state index contributed by atoms with van der Waals surface area (Å²) in [4.78, 5) is 11.1. The number of hydrazone groups is 1. The molecule has 1 aliphatic heterocycles. The van der Waals surface area contributed by atoms with Gasteiger partial charge in [-0.05, 0) is 23.8 Å². The van der Waals surface area contributed by atoms with Gasteiger partial charge in [0.05, 0.1) is 12.8 Å². The van der Waals surface area contributed by atoms with E-state index < -0.39 is 0 Å². The molecular formula is C14H16N2O2. The van der Waals surface area contributed by atoms with Gasteiger partial charge in [-0.15, -0.1) is 0 Å². The fourth-order valence-corrected chi connectivity index (χ4v) is 1.79. The van der Waals surface area contributed by atoms with Crippen LogP contribution in [0.2, 0.25) is 0 Å². The summed E-state index contributed by atoms with van der Waals surface area (Å²) >= 11 is 0. The van der Waals surface area contributed by atoms with Gasteiger partial charge >= 0.3 is 0 Å². The maximum Gasteiger partial charge on any atom is 0.240 e. The molecule has 1 unspecified atom stereocenters. The first-order valence-corrected chi connectivity index (χ1v) is 5.87. The van der Waals surface area contributed by atoms with Crippen LogP contribution in [0.25, 0.3) is 6.08 Å². The van der Waals surface area contributed by atoms with E-state index in [1.54, 1.807) is 7.11 Å². The van der Waals surface area contributed by atoms with Crippen LogP contribution in [0.5, 0.6) is 5.75 Å². The second-order valence-electron chi connectivity index (χ2n) is 4.29. The van der Waals surface area contributed by atoms with Crippen molar-refractivity contribution in [2.24, 2.45) is 11.0 Å². The van der Waals surface area contributed by atoms with Gasteiger partial charge in [-0.1, -0.05) is 25.1 Å². The zero-order valence-corrected chi connectivity index (χ0v) is 10.5. The van der Waals surface area contributed by atoms with Crippen LogP contribution in [0, 0.1) is 5.92 Å². The number of methoxy groups -OCH3 is 1. The normalized spacial score (nSPS) is 19.6. The monoisotopic (exact) mass is 244 g/mol. The minimum atomic E-state index is -0.0268. The Kier molecular flexibility index (Phi) is 3.77. The maximum absolute atomic E-state index is 11.1. The molecule has 1 atom stereocenters. The van der Waals surface area contributed by atoms with Gasteiger partial charge in [0, 0.05) is 12.3 Å². The Labute approximate surface area is 106 Å². The molecule has 0 radical (unpaired) electrons. The molecule has 0 fully saturated rings. The van der Waals surface area contributed by atoms with Gasteiger partial charge in [-0.25, -0.2) is 5.43 Å². The number of benzene rings is 1. The fourth-order valence-electron chi connectivity index (χ4n) is 1.79. The smallest absolute Gasteiger partial charge is 0.240 e. The molecule has 0 bridgehead atoms. The number of allylic oxidation sites excluding steroid dienone is 1. The Balaban J connectivity index is 2.13. The van der Waals surface area contributed by atoms with Gasteiger partial charge in [-0.2, -0.15) is 5.10 Å². The molecule has 1 heterocycles. The van der Waals surface area contributed by atoms with Gasteiger partial charge in [0.15, 0.2) is 0 Å². The van der Waals surface area contributed by atoms with Crippen molar-refractivity contribution in [2.75, 3.05) is 7.11 Å². The summed E-state index contributed by atoms with van der Waals surface area (Å²) in [6.45, 7) is 1.99. The van der Waals surface area contributed by atoms with E-state index in [2.05, 4.69) is 10.5 Å². The molecule has 0 saturated carbocycles. The third kappa shape index (κ3) is 2.97. The van der Waals surface area contributed by atoms with Gasteiger partial charge in [0.1, 0.15) is 5.75 Å². The highest BCUT2D eigenvalue weighted by molar-refractivity contribution is 6.03. The number of nitrogens with one attached hydrogen (secondary N) is 1. The lowest BCUT2D eigenvalue weighted by molar-refractivity contribution is -0.121. The third-order valence-corrected chi connectivity index (χ3v) is 2.85. The van der Waals surface area contributed by atoms with Gasteiger partial charge in [0.2, 0.25) is 5.91 Å². The van der Waals surface area contributed by atoms with Gasteiger partial charge < -0.3 is 4.74 Å². The number of hydrogen-bond acceptors (Lipinski definition) is 3. The lowest BCUT2D eigenvalue weighted by atomic mass is 9.99.